The quantitative estimate of drug-likeness (QED) is 0.165. The topological polar surface area (TPSA) is 47.3 Å². The van der Waals surface area contributed by atoms with E-state index in [1.807, 2.05) is 10.6 Å². The third-order valence-corrected chi connectivity index (χ3v) is 10.2. The summed E-state index contributed by atoms with van der Waals surface area (Å²) >= 11 is 0. The predicted octanol–water partition coefficient (Wildman–Crippen LogP) is 9.94. The molecular formula is C39H35N3O. The van der Waals surface area contributed by atoms with Crippen molar-refractivity contribution < 1.29 is 0 Å². The van der Waals surface area contributed by atoms with Crippen LogP contribution in [0.4, 0.5) is 0 Å². The summed E-state index contributed by atoms with van der Waals surface area (Å²) in [6, 6.07) is 16.2. The van der Waals surface area contributed by atoms with E-state index in [9.17, 15) is 4.79 Å². The molecule has 0 N–H and O–H groups in total. The molecule has 0 atom stereocenters. The minimum absolute atomic E-state index is 0.0566. The van der Waals surface area contributed by atoms with Gasteiger partial charge in [-0.3, -0.25) is 14.2 Å². The molecule has 0 spiro atoms. The van der Waals surface area contributed by atoms with E-state index in [4.69, 9.17) is 9.97 Å². The second-order valence-corrected chi connectivity index (χ2v) is 12.8. The third-order valence-electron chi connectivity index (χ3n) is 10.2. The summed E-state index contributed by atoms with van der Waals surface area (Å²) in [4.78, 5) is 24.6. The van der Waals surface area contributed by atoms with Crippen LogP contribution in [0, 0.1) is 0 Å². The first-order valence-electron chi connectivity index (χ1n) is 16.3. The molecule has 0 aliphatic rings. The van der Waals surface area contributed by atoms with Gasteiger partial charge >= 0.3 is 0 Å². The number of nitrogens with zero attached hydrogens (tertiary/aromatic N) is 3. The first-order chi connectivity index (χ1) is 21.1. The van der Waals surface area contributed by atoms with E-state index in [2.05, 4.69) is 63.2 Å². The molecule has 0 radical (unpaired) electrons. The Morgan fingerprint density at radius 3 is 1.84 bits per heavy atom. The summed E-state index contributed by atoms with van der Waals surface area (Å²) in [5, 5.41) is 14.9. The van der Waals surface area contributed by atoms with Crippen LogP contribution in [0.1, 0.15) is 76.1 Å². The van der Waals surface area contributed by atoms with Crippen LogP contribution in [0.15, 0.2) is 53.5 Å². The molecule has 9 rings (SSSR count). The number of aryl methyl sites for hydroxylation is 3. The van der Waals surface area contributed by atoms with Gasteiger partial charge in [-0.25, -0.2) is 4.98 Å². The Balaban J connectivity index is 1.54. The van der Waals surface area contributed by atoms with Crippen molar-refractivity contribution in [2.75, 3.05) is 0 Å². The Morgan fingerprint density at radius 2 is 1.21 bits per heavy atom. The van der Waals surface area contributed by atoms with Gasteiger partial charge in [0.2, 0.25) is 0 Å². The molecule has 0 amide bonds. The number of hydrogen-bond acceptors (Lipinski definition) is 3. The van der Waals surface area contributed by atoms with Crippen LogP contribution in [0.5, 0.6) is 0 Å². The highest BCUT2D eigenvalue weighted by Crippen LogP contribution is 2.52. The lowest BCUT2D eigenvalue weighted by molar-refractivity contribution is 0.778. The molecule has 9 aromatic rings. The van der Waals surface area contributed by atoms with Crippen molar-refractivity contribution in [2.45, 2.75) is 78.6 Å². The summed E-state index contributed by atoms with van der Waals surface area (Å²) in [7, 11) is 0. The summed E-state index contributed by atoms with van der Waals surface area (Å²) in [6.07, 6.45) is 11.6. The molecule has 0 saturated carbocycles. The zero-order valence-electron chi connectivity index (χ0n) is 25.2. The zero-order valence-corrected chi connectivity index (χ0v) is 25.2. The molecule has 4 heteroatoms. The predicted molar refractivity (Wildman–Crippen MR) is 182 cm³/mol. The van der Waals surface area contributed by atoms with E-state index in [0.29, 0.717) is 0 Å². The molecule has 0 saturated heterocycles. The molecule has 212 valence electrons. The van der Waals surface area contributed by atoms with Gasteiger partial charge in [-0.1, -0.05) is 64.3 Å². The van der Waals surface area contributed by atoms with Crippen molar-refractivity contribution in [3.8, 4) is 0 Å². The molecule has 3 heterocycles. The normalized spacial score (nSPS) is 13.0. The smallest absolute Gasteiger partial charge is 0.265 e. The van der Waals surface area contributed by atoms with Crippen LogP contribution in [0.25, 0.3) is 81.3 Å². The summed E-state index contributed by atoms with van der Waals surface area (Å²) in [6.45, 7) is 6.72. The van der Waals surface area contributed by atoms with Crippen LogP contribution < -0.4 is 5.56 Å². The first kappa shape index (κ1) is 25.2. The fraction of sp³-hybridized carbons (Fsp3) is 0.308. The largest absolute Gasteiger partial charge is 0.268 e. The number of rotatable bonds is 9. The third kappa shape index (κ3) is 3.19. The number of imidazole rings is 1. The fourth-order valence-corrected chi connectivity index (χ4v) is 8.18. The molecule has 0 bridgehead atoms. The molecule has 3 aromatic heterocycles. The molecule has 0 unspecified atom stereocenters. The number of unbranched alkanes of at least 4 members (excludes halogenated alkanes) is 3. The highest BCUT2D eigenvalue weighted by molar-refractivity contribution is 6.49. The fourth-order valence-electron chi connectivity index (χ4n) is 8.18. The summed E-state index contributed by atoms with van der Waals surface area (Å²) in [5.74, 6) is 0. The van der Waals surface area contributed by atoms with Gasteiger partial charge in [0.05, 0.1) is 17.1 Å². The van der Waals surface area contributed by atoms with Gasteiger partial charge < -0.3 is 0 Å². The van der Waals surface area contributed by atoms with Gasteiger partial charge in [-0.05, 0) is 122 Å². The number of fused-ring (bicyclic) bond motifs is 7. The van der Waals surface area contributed by atoms with Gasteiger partial charge in [0.25, 0.3) is 5.56 Å². The SMILES string of the molecule is CCCCc1cc2c(cn1)nc1c3c4cc(CCCC)c5ccc6ccc7c(CCCC)cc(c3c(=O)n21)c1c7c6c5c41. The van der Waals surface area contributed by atoms with E-state index in [0.717, 1.165) is 96.3 Å². The number of aromatic nitrogens is 3. The number of hydrogen-bond donors (Lipinski definition) is 0. The molecule has 43 heavy (non-hydrogen) atoms. The molecular weight excluding hydrogens is 526 g/mol. The Hall–Kier alpha value is -4.31. The average Bonchev–Trinajstić information content (AvgIpc) is 3.68. The minimum atomic E-state index is 0.0566. The maximum absolute atomic E-state index is 14.7. The van der Waals surface area contributed by atoms with E-state index in [1.165, 1.54) is 59.6 Å². The zero-order chi connectivity index (χ0) is 29.0. The van der Waals surface area contributed by atoms with Crippen molar-refractivity contribution in [1.29, 1.82) is 0 Å². The highest BCUT2D eigenvalue weighted by atomic mass is 16.1. The van der Waals surface area contributed by atoms with Gasteiger partial charge in [0.1, 0.15) is 11.2 Å². The van der Waals surface area contributed by atoms with Crippen molar-refractivity contribution >= 4 is 81.3 Å². The van der Waals surface area contributed by atoms with Crippen molar-refractivity contribution in [1.82, 2.24) is 14.4 Å². The van der Waals surface area contributed by atoms with Crippen LogP contribution in [0.2, 0.25) is 0 Å². The van der Waals surface area contributed by atoms with Crippen molar-refractivity contribution in [3.05, 3.63) is 75.8 Å². The summed E-state index contributed by atoms with van der Waals surface area (Å²) < 4.78 is 1.90. The van der Waals surface area contributed by atoms with E-state index in [-0.39, 0.29) is 5.56 Å². The Labute approximate surface area is 249 Å². The standard InChI is InChI=1S/C39H35N3O/c1-4-7-10-22-17-27-34-32-25(22)15-13-21-14-16-26-23(11-8-5-2)18-28(35(34)33(26)31(21)32)37-36(27)38-41-29-20-40-24(12-9-6-3)19-30(29)42(38)39(37)43/h13-20H,4-12H2,1-3H3. The second-order valence-electron chi connectivity index (χ2n) is 12.8. The minimum Gasteiger partial charge on any atom is -0.268 e. The Morgan fingerprint density at radius 1 is 0.628 bits per heavy atom. The highest BCUT2D eigenvalue weighted by Gasteiger charge is 2.29. The van der Waals surface area contributed by atoms with Crippen molar-refractivity contribution in [3.63, 3.8) is 0 Å². The number of pyridine rings is 1. The summed E-state index contributed by atoms with van der Waals surface area (Å²) in [5.41, 5.74) is 6.30. The number of benzene rings is 5. The van der Waals surface area contributed by atoms with Crippen LogP contribution in [0.3, 0.4) is 0 Å². The monoisotopic (exact) mass is 561 g/mol. The Bertz CT molecular complexity index is 2530. The van der Waals surface area contributed by atoms with E-state index < -0.39 is 0 Å². The lowest BCUT2D eigenvalue weighted by Crippen LogP contribution is -2.06. The lowest BCUT2D eigenvalue weighted by atomic mass is 9.90. The first-order valence-corrected chi connectivity index (χ1v) is 16.3. The second kappa shape index (κ2) is 9.09. The van der Waals surface area contributed by atoms with Crippen molar-refractivity contribution in [2.24, 2.45) is 0 Å². The van der Waals surface area contributed by atoms with Crippen LogP contribution in [-0.4, -0.2) is 14.4 Å². The molecule has 4 nitrogen and oxygen atoms in total. The molecule has 0 aliphatic carbocycles. The van der Waals surface area contributed by atoms with Gasteiger partial charge in [-0.2, -0.15) is 0 Å². The average molecular weight is 562 g/mol. The maximum atomic E-state index is 14.7. The van der Waals surface area contributed by atoms with E-state index in [1.54, 1.807) is 0 Å². The van der Waals surface area contributed by atoms with Gasteiger partial charge in [0.15, 0.2) is 0 Å². The van der Waals surface area contributed by atoms with Gasteiger partial charge in [0, 0.05) is 11.1 Å². The molecule has 0 fully saturated rings. The molecule has 0 aliphatic heterocycles. The van der Waals surface area contributed by atoms with Crippen LogP contribution in [-0.2, 0) is 19.3 Å². The lowest BCUT2D eigenvalue weighted by Gasteiger charge is -2.12. The Kier molecular flexibility index (Phi) is 5.33. The van der Waals surface area contributed by atoms with Gasteiger partial charge in [-0.15, -0.1) is 0 Å². The van der Waals surface area contributed by atoms with Crippen LogP contribution >= 0.6 is 0 Å². The maximum Gasteiger partial charge on any atom is 0.265 e. The van der Waals surface area contributed by atoms with E-state index >= 15 is 0 Å². The molecule has 6 aromatic carbocycles.